The molecule has 1 heterocycles. The maximum Gasteiger partial charge on any atom is 0.0990 e. The highest BCUT2D eigenvalue weighted by atomic mass is 16.5. The molecule has 0 radical (unpaired) electrons. The summed E-state index contributed by atoms with van der Waals surface area (Å²) in [5.74, 6) is 0. The maximum absolute atomic E-state index is 5.20. The number of hydrogen-bond acceptors (Lipinski definition) is 2. The van der Waals surface area contributed by atoms with E-state index < -0.39 is 0 Å². The lowest BCUT2D eigenvalue weighted by Crippen LogP contribution is -2.32. The summed E-state index contributed by atoms with van der Waals surface area (Å²) < 4.78 is 5.20. The minimum Gasteiger partial charge on any atom is -0.366 e. The van der Waals surface area contributed by atoms with Crippen molar-refractivity contribution < 1.29 is 4.74 Å². The van der Waals surface area contributed by atoms with Gasteiger partial charge in [0.25, 0.3) is 0 Å². The van der Waals surface area contributed by atoms with Gasteiger partial charge in [-0.15, -0.1) is 0 Å². The Labute approximate surface area is 50.4 Å². The molecule has 0 N–H and O–H groups in total. The zero-order valence-corrected chi connectivity index (χ0v) is 5.39. The van der Waals surface area contributed by atoms with Crippen LogP contribution in [0.4, 0.5) is 0 Å². The standard InChI is InChI=1S/C6H13NO/c1-2-7-4-3-5-8-6-7/h2-6H2,1H3. The van der Waals surface area contributed by atoms with E-state index in [-0.39, 0.29) is 0 Å². The van der Waals surface area contributed by atoms with E-state index in [1.807, 2.05) is 0 Å². The molecular weight excluding hydrogens is 102 g/mol. The molecule has 1 aliphatic heterocycles. The number of rotatable bonds is 1. The summed E-state index contributed by atoms with van der Waals surface area (Å²) in [4.78, 5) is 2.30. The number of ether oxygens (including phenoxy) is 1. The summed E-state index contributed by atoms with van der Waals surface area (Å²) in [5, 5.41) is 0. The molecule has 0 aromatic rings. The Balaban J connectivity index is 2.13. The van der Waals surface area contributed by atoms with Crippen LogP contribution in [0.2, 0.25) is 0 Å². The molecule has 0 atom stereocenters. The molecule has 2 heteroatoms. The monoisotopic (exact) mass is 115 g/mol. The van der Waals surface area contributed by atoms with E-state index >= 15 is 0 Å². The van der Waals surface area contributed by atoms with Crippen LogP contribution in [0.25, 0.3) is 0 Å². The Morgan fingerprint density at radius 3 is 2.88 bits per heavy atom. The minimum atomic E-state index is 0.844. The van der Waals surface area contributed by atoms with Crippen LogP contribution < -0.4 is 0 Å². The Bertz CT molecular complexity index is 59.5. The molecular formula is C6H13NO. The Hall–Kier alpha value is -0.0800. The topological polar surface area (TPSA) is 12.5 Å². The van der Waals surface area contributed by atoms with E-state index in [2.05, 4.69) is 11.8 Å². The highest BCUT2D eigenvalue weighted by molar-refractivity contribution is 4.53. The normalized spacial score (nSPS) is 23.6. The lowest BCUT2D eigenvalue weighted by molar-refractivity contribution is -0.0103. The third-order valence-corrected chi connectivity index (χ3v) is 1.48. The van der Waals surface area contributed by atoms with Crippen LogP contribution in [0, 0.1) is 0 Å². The zero-order chi connectivity index (χ0) is 5.82. The highest BCUT2D eigenvalue weighted by Gasteiger charge is 2.05. The van der Waals surface area contributed by atoms with Crippen LogP contribution in [0.1, 0.15) is 13.3 Å². The quantitative estimate of drug-likeness (QED) is 0.498. The van der Waals surface area contributed by atoms with Crippen LogP contribution in [0.15, 0.2) is 0 Å². The Morgan fingerprint density at radius 1 is 1.62 bits per heavy atom. The molecule has 2 nitrogen and oxygen atoms in total. The molecule has 0 aromatic carbocycles. The van der Waals surface area contributed by atoms with E-state index in [0.29, 0.717) is 0 Å². The Kier molecular flexibility index (Phi) is 2.30. The lowest BCUT2D eigenvalue weighted by atomic mass is 10.4. The van der Waals surface area contributed by atoms with E-state index in [0.717, 1.165) is 19.9 Å². The molecule has 8 heavy (non-hydrogen) atoms. The van der Waals surface area contributed by atoms with Gasteiger partial charge in [0.2, 0.25) is 0 Å². The molecule has 0 spiro atoms. The molecule has 0 bridgehead atoms. The van der Waals surface area contributed by atoms with Crippen LogP contribution in [0.5, 0.6) is 0 Å². The van der Waals surface area contributed by atoms with Gasteiger partial charge >= 0.3 is 0 Å². The largest absolute Gasteiger partial charge is 0.366 e. The SMILES string of the molecule is CCN1CCCOC1. The van der Waals surface area contributed by atoms with Crippen molar-refractivity contribution in [1.82, 2.24) is 4.90 Å². The van der Waals surface area contributed by atoms with Crippen molar-refractivity contribution >= 4 is 0 Å². The number of hydrogen-bond donors (Lipinski definition) is 0. The average Bonchev–Trinajstić information content (AvgIpc) is 1.90. The second-order valence-corrected chi connectivity index (χ2v) is 2.10. The van der Waals surface area contributed by atoms with Gasteiger partial charge < -0.3 is 4.74 Å². The summed E-state index contributed by atoms with van der Waals surface area (Å²) in [6.45, 7) is 6.30. The van der Waals surface area contributed by atoms with Crippen molar-refractivity contribution in [3.63, 3.8) is 0 Å². The third kappa shape index (κ3) is 1.46. The van der Waals surface area contributed by atoms with Gasteiger partial charge in [0.1, 0.15) is 0 Å². The van der Waals surface area contributed by atoms with Crippen molar-refractivity contribution in [3.8, 4) is 0 Å². The highest BCUT2D eigenvalue weighted by Crippen LogP contribution is 1.98. The minimum absolute atomic E-state index is 0.844. The maximum atomic E-state index is 5.20. The first-order valence-corrected chi connectivity index (χ1v) is 3.23. The summed E-state index contributed by atoms with van der Waals surface area (Å²) >= 11 is 0. The number of nitrogens with zero attached hydrogens (tertiary/aromatic N) is 1. The molecule has 0 saturated carbocycles. The van der Waals surface area contributed by atoms with Crippen molar-refractivity contribution in [2.24, 2.45) is 0 Å². The van der Waals surface area contributed by atoms with Gasteiger partial charge in [-0.3, -0.25) is 4.90 Å². The fourth-order valence-electron chi connectivity index (χ4n) is 0.898. The van der Waals surface area contributed by atoms with E-state index in [1.165, 1.54) is 13.0 Å². The van der Waals surface area contributed by atoms with Gasteiger partial charge in [0.15, 0.2) is 0 Å². The predicted octanol–water partition coefficient (Wildman–Crippen LogP) is 0.686. The second kappa shape index (κ2) is 3.05. The molecule has 1 fully saturated rings. The summed E-state index contributed by atoms with van der Waals surface area (Å²) in [7, 11) is 0. The first-order chi connectivity index (χ1) is 3.93. The fourth-order valence-corrected chi connectivity index (χ4v) is 0.898. The smallest absolute Gasteiger partial charge is 0.0990 e. The summed E-state index contributed by atoms with van der Waals surface area (Å²) in [6.07, 6.45) is 1.20. The molecule has 0 aromatic heterocycles. The average molecular weight is 115 g/mol. The summed E-state index contributed by atoms with van der Waals surface area (Å²) in [5.41, 5.74) is 0. The Morgan fingerprint density at radius 2 is 2.50 bits per heavy atom. The first-order valence-electron chi connectivity index (χ1n) is 3.23. The summed E-state index contributed by atoms with van der Waals surface area (Å²) in [6, 6.07) is 0. The van der Waals surface area contributed by atoms with Crippen LogP contribution >= 0.6 is 0 Å². The van der Waals surface area contributed by atoms with E-state index in [4.69, 9.17) is 4.74 Å². The lowest BCUT2D eigenvalue weighted by Gasteiger charge is -2.24. The molecule has 48 valence electrons. The predicted molar refractivity (Wildman–Crippen MR) is 32.7 cm³/mol. The molecule has 0 amide bonds. The van der Waals surface area contributed by atoms with Crippen molar-refractivity contribution in [3.05, 3.63) is 0 Å². The van der Waals surface area contributed by atoms with Gasteiger partial charge in [0, 0.05) is 13.2 Å². The van der Waals surface area contributed by atoms with Gasteiger partial charge in [-0.1, -0.05) is 6.92 Å². The molecule has 1 saturated heterocycles. The molecule has 1 aliphatic rings. The van der Waals surface area contributed by atoms with Gasteiger partial charge in [0.05, 0.1) is 6.73 Å². The van der Waals surface area contributed by atoms with Gasteiger partial charge in [-0.05, 0) is 13.0 Å². The molecule has 1 rings (SSSR count). The second-order valence-electron chi connectivity index (χ2n) is 2.10. The molecule has 0 unspecified atom stereocenters. The van der Waals surface area contributed by atoms with E-state index in [9.17, 15) is 0 Å². The third-order valence-electron chi connectivity index (χ3n) is 1.48. The van der Waals surface area contributed by atoms with Crippen LogP contribution in [-0.4, -0.2) is 31.3 Å². The van der Waals surface area contributed by atoms with Crippen molar-refractivity contribution in [2.75, 3.05) is 26.4 Å². The van der Waals surface area contributed by atoms with Crippen molar-refractivity contribution in [2.45, 2.75) is 13.3 Å². The van der Waals surface area contributed by atoms with E-state index in [1.54, 1.807) is 0 Å². The zero-order valence-electron chi connectivity index (χ0n) is 5.39. The van der Waals surface area contributed by atoms with Crippen molar-refractivity contribution in [1.29, 1.82) is 0 Å². The van der Waals surface area contributed by atoms with Gasteiger partial charge in [-0.2, -0.15) is 0 Å². The van der Waals surface area contributed by atoms with Crippen LogP contribution in [-0.2, 0) is 4.74 Å². The van der Waals surface area contributed by atoms with Crippen LogP contribution in [0.3, 0.4) is 0 Å². The molecule has 0 aliphatic carbocycles. The first kappa shape index (κ1) is 6.05. The fraction of sp³-hybridized carbons (Fsp3) is 1.00. The van der Waals surface area contributed by atoms with Gasteiger partial charge in [-0.25, -0.2) is 0 Å².